The fourth-order valence-electron chi connectivity index (χ4n) is 1.60. The van der Waals surface area contributed by atoms with Crippen LogP contribution in [0.4, 0.5) is 5.69 Å². The normalized spacial score (nSPS) is 11.2. The minimum absolute atomic E-state index is 0.217. The van der Waals surface area contributed by atoms with Crippen molar-refractivity contribution >= 4 is 43.0 Å². The van der Waals surface area contributed by atoms with Gasteiger partial charge in [-0.15, -0.1) is 11.3 Å². The van der Waals surface area contributed by atoms with Crippen LogP contribution in [0.2, 0.25) is 0 Å². The Hall–Kier alpha value is -1.25. The number of para-hydroxylation sites is 1. The van der Waals surface area contributed by atoms with E-state index in [-0.39, 0.29) is 4.21 Å². The lowest BCUT2D eigenvalue weighted by Crippen LogP contribution is -2.12. The maximum atomic E-state index is 12.3. The first-order valence-electron chi connectivity index (χ1n) is 5.47. The molecule has 0 atom stereocenters. The minimum Gasteiger partial charge on any atom is -0.493 e. The van der Waals surface area contributed by atoms with E-state index in [2.05, 4.69) is 20.7 Å². The molecule has 0 aliphatic carbocycles. The van der Waals surface area contributed by atoms with Gasteiger partial charge in [-0.05, 0) is 40.2 Å². The highest BCUT2D eigenvalue weighted by molar-refractivity contribution is 9.11. The predicted octanol–water partition coefficient (Wildman–Crippen LogP) is 3.33. The number of sulfonamides is 1. The van der Waals surface area contributed by atoms with E-state index in [9.17, 15) is 8.42 Å². The van der Waals surface area contributed by atoms with Crippen molar-refractivity contribution in [2.24, 2.45) is 0 Å². The molecule has 0 fully saturated rings. The molecule has 1 aromatic heterocycles. The molecule has 0 spiro atoms. The van der Waals surface area contributed by atoms with Gasteiger partial charge in [-0.2, -0.15) is 0 Å². The van der Waals surface area contributed by atoms with Gasteiger partial charge < -0.3 is 9.47 Å². The second-order valence-corrected chi connectivity index (χ2v) is 8.08. The van der Waals surface area contributed by atoms with E-state index in [1.54, 1.807) is 24.3 Å². The van der Waals surface area contributed by atoms with E-state index >= 15 is 0 Å². The van der Waals surface area contributed by atoms with Crippen LogP contribution in [-0.4, -0.2) is 22.6 Å². The van der Waals surface area contributed by atoms with Gasteiger partial charge in [0.1, 0.15) is 4.21 Å². The number of nitrogens with one attached hydrogen (secondary N) is 1. The Balaban J connectivity index is 2.39. The number of thiophene rings is 1. The molecule has 20 heavy (non-hydrogen) atoms. The Morgan fingerprint density at radius 1 is 1.15 bits per heavy atom. The molecule has 0 saturated heterocycles. The van der Waals surface area contributed by atoms with Gasteiger partial charge in [-0.3, -0.25) is 4.72 Å². The number of rotatable bonds is 5. The van der Waals surface area contributed by atoms with Crippen LogP contribution in [-0.2, 0) is 10.0 Å². The smallest absolute Gasteiger partial charge is 0.271 e. The van der Waals surface area contributed by atoms with Crippen LogP contribution >= 0.6 is 27.3 Å². The number of benzene rings is 1. The summed E-state index contributed by atoms with van der Waals surface area (Å²) in [5.74, 6) is 0.800. The second kappa shape index (κ2) is 6.02. The predicted molar refractivity (Wildman–Crippen MR) is 82.4 cm³/mol. The molecule has 1 aromatic carbocycles. The number of anilines is 1. The average Bonchev–Trinajstić information content (AvgIpc) is 2.85. The van der Waals surface area contributed by atoms with Crippen LogP contribution < -0.4 is 14.2 Å². The SMILES string of the molecule is COc1cccc(NS(=O)(=O)c2ccc(Br)s2)c1OC. The fourth-order valence-corrected chi connectivity index (χ4v) is 4.68. The van der Waals surface area contributed by atoms with Crippen molar-refractivity contribution in [3.63, 3.8) is 0 Å². The van der Waals surface area contributed by atoms with Crippen LogP contribution in [0.15, 0.2) is 38.3 Å². The molecule has 0 aliphatic rings. The molecule has 0 radical (unpaired) electrons. The Bertz CT molecular complexity index is 712. The van der Waals surface area contributed by atoms with Gasteiger partial charge in [0.15, 0.2) is 11.5 Å². The molecule has 0 amide bonds. The summed E-state index contributed by atoms with van der Waals surface area (Å²) < 4.78 is 38.3. The summed E-state index contributed by atoms with van der Waals surface area (Å²) in [5, 5.41) is 0. The third-order valence-electron chi connectivity index (χ3n) is 2.46. The molecule has 5 nitrogen and oxygen atoms in total. The van der Waals surface area contributed by atoms with Gasteiger partial charge in [0, 0.05) is 0 Å². The number of hydrogen-bond donors (Lipinski definition) is 1. The second-order valence-electron chi connectivity index (χ2n) is 3.71. The molecule has 2 rings (SSSR count). The molecule has 8 heteroatoms. The van der Waals surface area contributed by atoms with Gasteiger partial charge in [-0.25, -0.2) is 8.42 Å². The molecular weight excluding hydrogens is 366 g/mol. The standard InChI is InChI=1S/C12H12BrNO4S2/c1-17-9-5-3-4-8(12(9)18-2)14-20(15,16)11-7-6-10(13)19-11/h3-7,14H,1-2H3. The third-order valence-corrected chi connectivity index (χ3v) is 5.94. The lowest BCUT2D eigenvalue weighted by atomic mass is 10.3. The summed E-state index contributed by atoms with van der Waals surface area (Å²) in [6.45, 7) is 0. The maximum Gasteiger partial charge on any atom is 0.271 e. The van der Waals surface area contributed by atoms with E-state index < -0.39 is 10.0 Å². The highest BCUT2D eigenvalue weighted by Gasteiger charge is 2.20. The summed E-state index contributed by atoms with van der Waals surface area (Å²) in [6, 6.07) is 8.20. The van der Waals surface area contributed by atoms with E-state index in [1.807, 2.05) is 0 Å². The zero-order chi connectivity index (χ0) is 14.8. The minimum atomic E-state index is -3.65. The molecule has 1 heterocycles. The molecule has 0 bridgehead atoms. The topological polar surface area (TPSA) is 64.6 Å². The number of halogens is 1. The summed E-state index contributed by atoms with van der Waals surface area (Å²) >= 11 is 4.37. The lowest BCUT2D eigenvalue weighted by Gasteiger charge is -2.13. The van der Waals surface area contributed by atoms with E-state index in [0.29, 0.717) is 17.2 Å². The summed E-state index contributed by atoms with van der Waals surface area (Å²) in [6.07, 6.45) is 0. The zero-order valence-electron chi connectivity index (χ0n) is 10.7. The Kier molecular flexibility index (Phi) is 4.56. The number of methoxy groups -OCH3 is 2. The molecule has 0 aliphatic heterocycles. The molecule has 1 N–H and O–H groups in total. The van der Waals surface area contributed by atoms with Crippen LogP contribution in [0.1, 0.15) is 0 Å². The first kappa shape index (κ1) is 15.1. The average molecular weight is 378 g/mol. The van der Waals surface area contributed by atoms with Crippen molar-refractivity contribution in [1.82, 2.24) is 0 Å². The van der Waals surface area contributed by atoms with Crippen LogP contribution in [0.5, 0.6) is 11.5 Å². The zero-order valence-corrected chi connectivity index (χ0v) is 13.9. The van der Waals surface area contributed by atoms with Crippen LogP contribution in [0.25, 0.3) is 0 Å². The third kappa shape index (κ3) is 3.08. The lowest BCUT2D eigenvalue weighted by molar-refractivity contribution is 0.356. The number of hydrogen-bond acceptors (Lipinski definition) is 5. The van der Waals surface area contributed by atoms with Gasteiger partial charge in [0.2, 0.25) is 0 Å². The van der Waals surface area contributed by atoms with E-state index in [4.69, 9.17) is 9.47 Å². The Morgan fingerprint density at radius 2 is 1.90 bits per heavy atom. The molecule has 0 unspecified atom stereocenters. The van der Waals surface area contributed by atoms with Crippen molar-refractivity contribution in [2.75, 3.05) is 18.9 Å². The quantitative estimate of drug-likeness (QED) is 0.867. The van der Waals surface area contributed by atoms with E-state index in [1.165, 1.54) is 20.3 Å². The van der Waals surface area contributed by atoms with Crippen molar-refractivity contribution in [2.45, 2.75) is 4.21 Å². The largest absolute Gasteiger partial charge is 0.493 e. The maximum absolute atomic E-state index is 12.3. The number of ether oxygens (including phenoxy) is 2. The molecule has 2 aromatic rings. The van der Waals surface area contributed by atoms with Crippen LogP contribution in [0, 0.1) is 0 Å². The first-order chi connectivity index (χ1) is 9.47. The monoisotopic (exact) mass is 377 g/mol. The summed E-state index contributed by atoms with van der Waals surface area (Å²) in [5.41, 5.74) is 0.330. The molecular formula is C12H12BrNO4S2. The van der Waals surface area contributed by atoms with Gasteiger partial charge in [0.05, 0.1) is 23.7 Å². The Morgan fingerprint density at radius 3 is 2.45 bits per heavy atom. The summed E-state index contributed by atoms with van der Waals surface area (Å²) in [7, 11) is -0.699. The van der Waals surface area contributed by atoms with Gasteiger partial charge in [0.25, 0.3) is 10.0 Å². The van der Waals surface area contributed by atoms with Crippen LogP contribution in [0.3, 0.4) is 0 Å². The van der Waals surface area contributed by atoms with Crippen molar-refractivity contribution in [1.29, 1.82) is 0 Å². The molecule has 108 valence electrons. The highest BCUT2D eigenvalue weighted by Crippen LogP contribution is 2.36. The first-order valence-corrected chi connectivity index (χ1v) is 8.56. The fraction of sp³-hybridized carbons (Fsp3) is 0.167. The summed E-state index contributed by atoms with van der Waals surface area (Å²) in [4.78, 5) is 0. The van der Waals surface area contributed by atoms with Crippen molar-refractivity contribution in [3.05, 3.63) is 34.1 Å². The van der Waals surface area contributed by atoms with Crippen molar-refractivity contribution < 1.29 is 17.9 Å². The van der Waals surface area contributed by atoms with E-state index in [0.717, 1.165) is 15.1 Å². The van der Waals surface area contributed by atoms with Gasteiger partial charge in [-0.1, -0.05) is 6.07 Å². The Labute approximate surface area is 129 Å². The van der Waals surface area contributed by atoms with Crippen molar-refractivity contribution in [3.8, 4) is 11.5 Å². The van der Waals surface area contributed by atoms with Gasteiger partial charge >= 0.3 is 0 Å². The highest BCUT2D eigenvalue weighted by atomic mass is 79.9. The molecule has 0 saturated carbocycles.